The third-order valence-electron chi connectivity index (χ3n) is 2.63. The van der Waals surface area contributed by atoms with Crippen molar-refractivity contribution in [2.24, 2.45) is 0 Å². The Balaban J connectivity index is 1.81. The molecule has 0 aliphatic carbocycles. The van der Waals surface area contributed by atoms with Gasteiger partial charge in [0.1, 0.15) is 5.52 Å². The van der Waals surface area contributed by atoms with Gasteiger partial charge in [0.2, 0.25) is 5.89 Å². The van der Waals surface area contributed by atoms with E-state index in [1.54, 1.807) is 0 Å². The van der Waals surface area contributed by atoms with Crippen molar-refractivity contribution in [3.8, 4) is 0 Å². The molecular formula is C14H11BrN2O. The van der Waals surface area contributed by atoms with Gasteiger partial charge in [-0.15, -0.1) is 0 Å². The molecule has 0 aliphatic rings. The quantitative estimate of drug-likeness (QED) is 0.788. The SMILES string of the molecule is Brc1cccc2nc(CNc3ccccc3)oc12. The molecule has 0 spiro atoms. The molecule has 1 aromatic heterocycles. The molecule has 0 unspecified atom stereocenters. The highest BCUT2D eigenvalue weighted by atomic mass is 79.9. The van der Waals surface area contributed by atoms with Crippen LogP contribution in [-0.2, 0) is 6.54 Å². The molecule has 0 saturated carbocycles. The summed E-state index contributed by atoms with van der Waals surface area (Å²) >= 11 is 3.45. The molecular weight excluding hydrogens is 292 g/mol. The average molecular weight is 303 g/mol. The van der Waals surface area contributed by atoms with Crippen LogP contribution >= 0.6 is 15.9 Å². The summed E-state index contributed by atoms with van der Waals surface area (Å²) in [5, 5.41) is 3.27. The highest BCUT2D eigenvalue weighted by Crippen LogP contribution is 2.24. The van der Waals surface area contributed by atoms with Gasteiger partial charge in [-0.25, -0.2) is 4.98 Å². The van der Waals surface area contributed by atoms with Crippen molar-refractivity contribution in [1.29, 1.82) is 0 Å². The van der Waals surface area contributed by atoms with E-state index in [1.807, 2.05) is 48.5 Å². The lowest BCUT2D eigenvalue weighted by Crippen LogP contribution is -1.98. The molecule has 0 atom stereocenters. The number of nitrogens with zero attached hydrogens (tertiary/aromatic N) is 1. The minimum absolute atomic E-state index is 0.575. The van der Waals surface area contributed by atoms with Crippen molar-refractivity contribution >= 4 is 32.7 Å². The van der Waals surface area contributed by atoms with Gasteiger partial charge in [-0.2, -0.15) is 0 Å². The standard InChI is InChI=1S/C14H11BrN2O/c15-11-7-4-8-12-14(11)18-13(17-12)9-16-10-5-2-1-3-6-10/h1-8,16H,9H2. The van der Waals surface area contributed by atoms with E-state index in [0.717, 1.165) is 21.3 Å². The number of rotatable bonds is 3. The summed E-state index contributed by atoms with van der Waals surface area (Å²) in [5.74, 6) is 0.681. The molecule has 1 heterocycles. The molecule has 0 amide bonds. The number of nitrogens with one attached hydrogen (secondary N) is 1. The highest BCUT2D eigenvalue weighted by molar-refractivity contribution is 9.10. The fourth-order valence-corrected chi connectivity index (χ4v) is 2.21. The van der Waals surface area contributed by atoms with Gasteiger partial charge in [0.15, 0.2) is 5.58 Å². The third kappa shape index (κ3) is 2.24. The molecule has 3 aromatic rings. The van der Waals surface area contributed by atoms with Crippen LogP contribution in [-0.4, -0.2) is 4.98 Å². The van der Waals surface area contributed by atoms with Crippen LogP contribution < -0.4 is 5.32 Å². The zero-order valence-electron chi connectivity index (χ0n) is 9.56. The van der Waals surface area contributed by atoms with Gasteiger partial charge in [0, 0.05) is 5.69 Å². The first-order valence-corrected chi connectivity index (χ1v) is 6.45. The van der Waals surface area contributed by atoms with Crippen LogP contribution in [0, 0.1) is 0 Å². The molecule has 0 saturated heterocycles. The number of para-hydroxylation sites is 2. The number of hydrogen-bond donors (Lipinski definition) is 1. The summed E-state index contributed by atoms with van der Waals surface area (Å²) in [7, 11) is 0. The van der Waals surface area contributed by atoms with Crippen LogP contribution in [0.15, 0.2) is 57.4 Å². The second-order valence-electron chi connectivity index (χ2n) is 3.92. The maximum atomic E-state index is 5.70. The predicted octanol–water partition coefficient (Wildman–Crippen LogP) is 4.20. The summed E-state index contributed by atoms with van der Waals surface area (Å²) in [4.78, 5) is 4.43. The van der Waals surface area contributed by atoms with Crippen molar-refractivity contribution in [2.75, 3.05) is 5.32 Å². The van der Waals surface area contributed by atoms with Crippen molar-refractivity contribution in [3.63, 3.8) is 0 Å². The summed E-state index contributed by atoms with van der Waals surface area (Å²) in [6, 6.07) is 15.8. The van der Waals surface area contributed by atoms with Crippen molar-refractivity contribution in [3.05, 3.63) is 58.9 Å². The Kier molecular flexibility index (Phi) is 3.02. The van der Waals surface area contributed by atoms with E-state index in [-0.39, 0.29) is 0 Å². The molecule has 90 valence electrons. The van der Waals surface area contributed by atoms with Gasteiger partial charge >= 0.3 is 0 Å². The topological polar surface area (TPSA) is 38.1 Å². The fourth-order valence-electron chi connectivity index (χ4n) is 1.77. The first kappa shape index (κ1) is 11.3. The van der Waals surface area contributed by atoms with Crippen molar-refractivity contribution < 1.29 is 4.42 Å². The van der Waals surface area contributed by atoms with E-state index >= 15 is 0 Å². The normalized spacial score (nSPS) is 10.7. The van der Waals surface area contributed by atoms with E-state index < -0.39 is 0 Å². The Morgan fingerprint density at radius 2 is 1.89 bits per heavy atom. The van der Waals surface area contributed by atoms with Gasteiger partial charge < -0.3 is 9.73 Å². The van der Waals surface area contributed by atoms with E-state index in [9.17, 15) is 0 Å². The minimum atomic E-state index is 0.575. The molecule has 3 rings (SSSR count). The van der Waals surface area contributed by atoms with Crippen LogP contribution in [0.2, 0.25) is 0 Å². The summed E-state index contributed by atoms with van der Waals surface area (Å²) < 4.78 is 6.63. The Morgan fingerprint density at radius 1 is 1.06 bits per heavy atom. The Morgan fingerprint density at radius 3 is 2.67 bits per heavy atom. The van der Waals surface area contributed by atoms with E-state index in [2.05, 4.69) is 26.2 Å². The second-order valence-corrected chi connectivity index (χ2v) is 4.77. The average Bonchev–Trinajstić information content (AvgIpc) is 2.82. The lowest BCUT2D eigenvalue weighted by molar-refractivity contribution is 0.539. The number of anilines is 1. The van der Waals surface area contributed by atoms with Gasteiger partial charge in [-0.1, -0.05) is 24.3 Å². The van der Waals surface area contributed by atoms with E-state index in [4.69, 9.17) is 4.42 Å². The molecule has 0 aliphatic heterocycles. The van der Waals surface area contributed by atoms with E-state index in [0.29, 0.717) is 12.4 Å². The summed E-state index contributed by atoms with van der Waals surface area (Å²) in [6.45, 7) is 0.575. The summed E-state index contributed by atoms with van der Waals surface area (Å²) in [6.07, 6.45) is 0. The molecule has 18 heavy (non-hydrogen) atoms. The molecule has 0 bridgehead atoms. The number of benzene rings is 2. The molecule has 0 radical (unpaired) electrons. The van der Waals surface area contributed by atoms with Crippen LogP contribution in [0.25, 0.3) is 11.1 Å². The number of hydrogen-bond acceptors (Lipinski definition) is 3. The maximum Gasteiger partial charge on any atom is 0.214 e. The minimum Gasteiger partial charge on any atom is -0.438 e. The zero-order chi connectivity index (χ0) is 12.4. The molecule has 2 aromatic carbocycles. The molecule has 1 N–H and O–H groups in total. The summed E-state index contributed by atoms with van der Waals surface area (Å²) in [5.41, 5.74) is 2.72. The predicted molar refractivity (Wildman–Crippen MR) is 75.5 cm³/mol. The van der Waals surface area contributed by atoms with Crippen LogP contribution in [0.3, 0.4) is 0 Å². The van der Waals surface area contributed by atoms with Crippen LogP contribution in [0.5, 0.6) is 0 Å². The lowest BCUT2D eigenvalue weighted by atomic mass is 10.3. The number of fused-ring (bicyclic) bond motifs is 1. The molecule has 3 nitrogen and oxygen atoms in total. The lowest BCUT2D eigenvalue weighted by Gasteiger charge is -2.01. The number of oxazole rings is 1. The van der Waals surface area contributed by atoms with Gasteiger partial charge in [0.25, 0.3) is 0 Å². The Hall–Kier alpha value is -1.81. The second kappa shape index (κ2) is 4.82. The Labute approximate surface area is 113 Å². The van der Waals surface area contributed by atoms with Crippen molar-refractivity contribution in [2.45, 2.75) is 6.54 Å². The third-order valence-corrected chi connectivity index (χ3v) is 3.25. The molecule has 0 fully saturated rings. The first-order valence-electron chi connectivity index (χ1n) is 5.66. The zero-order valence-corrected chi connectivity index (χ0v) is 11.1. The van der Waals surface area contributed by atoms with Gasteiger partial charge in [0.05, 0.1) is 11.0 Å². The monoisotopic (exact) mass is 302 g/mol. The van der Waals surface area contributed by atoms with E-state index in [1.165, 1.54) is 0 Å². The van der Waals surface area contributed by atoms with Crippen LogP contribution in [0.1, 0.15) is 5.89 Å². The van der Waals surface area contributed by atoms with Crippen LogP contribution in [0.4, 0.5) is 5.69 Å². The highest BCUT2D eigenvalue weighted by Gasteiger charge is 2.07. The van der Waals surface area contributed by atoms with Crippen molar-refractivity contribution in [1.82, 2.24) is 4.98 Å². The first-order chi connectivity index (χ1) is 8.83. The largest absolute Gasteiger partial charge is 0.438 e. The molecule has 4 heteroatoms. The van der Waals surface area contributed by atoms with Gasteiger partial charge in [-0.3, -0.25) is 0 Å². The number of halogens is 1. The Bertz CT molecular complexity index is 664. The maximum absolute atomic E-state index is 5.70. The number of aromatic nitrogens is 1. The van der Waals surface area contributed by atoms with Gasteiger partial charge in [-0.05, 0) is 40.2 Å². The fraction of sp³-hybridized carbons (Fsp3) is 0.0714. The smallest absolute Gasteiger partial charge is 0.214 e.